The normalized spacial score (nSPS) is 16.3. The summed E-state index contributed by atoms with van der Waals surface area (Å²) in [6, 6.07) is 6.33. The number of rotatable bonds is 4. The average Bonchev–Trinajstić information content (AvgIpc) is 2.86. The molecule has 1 aromatic heterocycles. The van der Waals surface area contributed by atoms with Gasteiger partial charge in [0.05, 0.1) is 17.9 Å². The lowest BCUT2D eigenvalue weighted by Crippen LogP contribution is -2.36. The first-order chi connectivity index (χ1) is 11.8. The molecule has 0 aliphatic carbocycles. The number of nitrogens with zero attached hydrogens (tertiary/aromatic N) is 3. The maximum atomic E-state index is 13.1. The van der Waals surface area contributed by atoms with E-state index < -0.39 is 10.0 Å². The van der Waals surface area contributed by atoms with Crippen LogP contribution in [0.1, 0.15) is 47.3 Å². The molecule has 0 atom stereocenters. The summed E-state index contributed by atoms with van der Waals surface area (Å²) in [4.78, 5) is 0.389. The number of aryl methyl sites for hydroxylation is 3. The molecule has 136 valence electrons. The van der Waals surface area contributed by atoms with Gasteiger partial charge in [-0.15, -0.1) is 0 Å². The van der Waals surface area contributed by atoms with Crippen LogP contribution in [0.5, 0.6) is 0 Å². The van der Waals surface area contributed by atoms with Gasteiger partial charge in [0.2, 0.25) is 10.0 Å². The second kappa shape index (κ2) is 6.92. The van der Waals surface area contributed by atoms with E-state index in [4.69, 9.17) is 0 Å². The van der Waals surface area contributed by atoms with Crippen LogP contribution >= 0.6 is 0 Å². The molecule has 0 radical (unpaired) electrons. The van der Waals surface area contributed by atoms with Gasteiger partial charge in [-0.2, -0.15) is 9.40 Å². The van der Waals surface area contributed by atoms with E-state index in [1.807, 2.05) is 11.6 Å². The number of piperidine rings is 1. The van der Waals surface area contributed by atoms with Crippen molar-refractivity contribution in [2.75, 3.05) is 13.1 Å². The number of hydrogen-bond donors (Lipinski definition) is 0. The highest BCUT2D eigenvalue weighted by Gasteiger charge is 2.31. The van der Waals surface area contributed by atoms with E-state index in [1.165, 1.54) is 16.7 Å². The summed E-state index contributed by atoms with van der Waals surface area (Å²) in [6.07, 6.45) is 2.98. The van der Waals surface area contributed by atoms with Crippen LogP contribution in [0.3, 0.4) is 0 Å². The van der Waals surface area contributed by atoms with Crippen molar-refractivity contribution >= 4 is 10.0 Å². The van der Waals surface area contributed by atoms with Gasteiger partial charge in [0.1, 0.15) is 4.90 Å². The van der Waals surface area contributed by atoms with Crippen molar-refractivity contribution in [3.63, 3.8) is 0 Å². The van der Waals surface area contributed by atoms with E-state index in [0.29, 0.717) is 30.2 Å². The molecule has 6 heteroatoms. The van der Waals surface area contributed by atoms with E-state index in [0.717, 1.165) is 25.0 Å². The lowest BCUT2D eigenvalue weighted by atomic mass is 10.1. The third-order valence-electron chi connectivity index (χ3n) is 5.05. The summed E-state index contributed by atoms with van der Waals surface area (Å²) in [5.74, 6) is 0. The Labute approximate surface area is 150 Å². The second-order valence-electron chi connectivity index (χ2n) is 7.05. The van der Waals surface area contributed by atoms with Gasteiger partial charge in [0, 0.05) is 13.1 Å². The molecule has 0 saturated carbocycles. The second-order valence-corrected chi connectivity index (χ2v) is 8.93. The van der Waals surface area contributed by atoms with Gasteiger partial charge >= 0.3 is 0 Å². The summed E-state index contributed by atoms with van der Waals surface area (Å²) in [5.41, 5.74) is 4.88. The maximum absolute atomic E-state index is 13.1. The van der Waals surface area contributed by atoms with Crippen LogP contribution in [-0.2, 0) is 16.6 Å². The Balaban J connectivity index is 1.97. The molecular weight excluding hydrogens is 334 g/mol. The minimum atomic E-state index is -3.46. The topological polar surface area (TPSA) is 55.2 Å². The van der Waals surface area contributed by atoms with Crippen LogP contribution in [0.15, 0.2) is 23.1 Å². The van der Waals surface area contributed by atoms with Gasteiger partial charge in [-0.25, -0.2) is 8.42 Å². The first-order valence-corrected chi connectivity index (χ1v) is 10.3. The van der Waals surface area contributed by atoms with Crippen molar-refractivity contribution in [2.24, 2.45) is 0 Å². The maximum Gasteiger partial charge on any atom is 0.246 e. The zero-order valence-electron chi connectivity index (χ0n) is 15.5. The van der Waals surface area contributed by atoms with Crippen LogP contribution in [0.2, 0.25) is 0 Å². The highest BCUT2D eigenvalue weighted by Crippen LogP contribution is 2.26. The number of sulfonamides is 1. The summed E-state index contributed by atoms with van der Waals surface area (Å²) in [7, 11) is -3.46. The Morgan fingerprint density at radius 1 is 1.04 bits per heavy atom. The van der Waals surface area contributed by atoms with Gasteiger partial charge in [-0.1, -0.05) is 30.2 Å². The predicted octanol–water partition coefficient (Wildman–Crippen LogP) is 3.34. The quantitative estimate of drug-likeness (QED) is 0.839. The van der Waals surface area contributed by atoms with Crippen LogP contribution < -0.4 is 0 Å². The summed E-state index contributed by atoms with van der Waals surface area (Å²) in [5, 5.41) is 4.55. The Hall–Kier alpha value is -1.66. The molecule has 0 bridgehead atoms. The molecule has 0 N–H and O–H groups in total. The van der Waals surface area contributed by atoms with Crippen molar-refractivity contribution in [3.05, 3.63) is 46.3 Å². The summed E-state index contributed by atoms with van der Waals surface area (Å²) in [6.45, 7) is 9.62. The predicted molar refractivity (Wildman–Crippen MR) is 99.3 cm³/mol. The van der Waals surface area contributed by atoms with Crippen molar-refractivity contribution in [2.45, 2.75) is 58.4 Å². The Kier molecular flexibility index (Phi) is 5.02. The van der Waals surface area contributed by atoms with Gasteiger partial charge in [0.15, 0.2) is 0 Å². The molecule has 0 unspecified atom stereocenters. The lowest BCUT2D eigenvalue weighted by molar-refractivity contribution is 0.346. The fourth-order valence-electron chi connectivity index (χ4n) is 3.57. The molecule has 1 aromatic carbocycles. The van der Waals surface area contributed by atoms with E-state index in [2.05, 4.69) is 37.1 Å². The molecule has 1 fully saturated rings. The SMILES string of the molecule is Cc1ccc(C)c(Cn2nc(C)c(S(=O)(=O)N3CCCCC3)c2C)c1. The van der Waals surface area contributed by atoms with E-state index in [-0.39, 0.29) is 0 Å². The molecule has 1 aliphatic rings. The summed E-state index contributed by atoms with van der Waals surface area (Å²) < 4.78 is 29.6. The van der Waals surface area contributed by atoms with Gasteiger partial charge < -0.3 is 0 Å². The Morgan fingerprint density at radius 2 is 1.72 bits per heavy atom. The smallest absolute Gasteiger partial charge is 0.246 e. The van der Waals surface area contributed by atoms with Crippen LogP contribution in [0, 0.1) is 27.7 Å². The van der Waals surface area contributed by atoms with Crippen molar-refractivity contribution < 1.29 is 8.42 Å². The van der Waals surface area contributed by atoms with Gasteiger partial charge in [0.25, 0.3) is 0 Å². The zero-order chi connectivity index (χ0) is 18.2. The highest BCUT2D eigenvalue weighted by atomic mass is 32.2. The molecule has 0 amide bonds. The first kappa shape index (κ1) is 18.1. The van der Waals surface area contributed by atoms with E-state index >= 15 is 0 Å². The van der Waals surface area contributed by atoms with Crippen molar-refractivity contribution in [3.8, 4) is 0 Å². The minimum absolute atomic E-state index is 0.389. The fraction of sp³-hybridized carbons (Fsp3) is 0.526. The molecular formula is C19H27N3O2S. The molecule has 5 nitrogen and oxygen atoms in total. The Bertz CT molecular complexity index is 878. The molecule has 0 spiro atoms. The van der Waals surface area contributed by atoms with Crippen LogP contribution in [0.4, 0.5) is 0 Å². The average molecular weight is 362 g/mol. The molecule has 1 aliphatic heterocycles. The number of hydrogen-bond acceptors (Lipinski definition) is 3. The minimum Gasteiger partial charge on any atom is -0.264 e. The zero-order valence-corrected chi connectivity index (χ0v) is 16.4. The molecule has 1 saturated heterocycles. The highest BCUT2D eigenvalue weighted by molar-refractivity contribution is 7.89. The fourth-order valence-corrected chi connectivity index (χ4v) is 5.46. The molecule has 2 aromatic rings. The Morgan fingerprint density at radius 3 is 2.40 bits per heavy atom. The van der Waals surface area contributed by atoms with Crippen molar-refractivity contribution in [1.29, 1.82) is 0 Å². The lowest BCUT2D eigenvalue weighted by Gasteiger charge is -2.26. The molecule has 2 heterocycles. The van der Waals surface area contributed by atoms with Gasteiger partial charge in [-0.05, 0) is 51.7 Å². The monoisotopic (exact) mass is 361 g/mol. The standard InChI is InChI=1S/C19H27N3O2S/c1-14-8-9-15(2)18(12-14)13-22-17(4)19(16(3)20-22)25(23,24)21-10-6-5-7-11-21/h8-9,12H,5-7,10-11,13H2,1-4H3. The first-order valence-electron chi connectivity index (χ1n) is 8.91. The largest absolute Gasteiger partial charge is 0.264 e. The third-order valence-corrected chi connectivity index (χ3v) is 7.20. The third kappa shape index (κ3) is 3.51. The van der Waals surface area contributed by atoms with Crippen LogP contribution in [0.25, 0.3) is 0 Å². The van der Waals surface area contributed by atoms with Crippen molar-refractivity contribution in [1.82, 2.24) is 14.1 Å². The number of benzene rings is 1. The molecule has 25 heavy (non-hydrogen) atoms. The van der Waals surface area contributed by atoms with Crippen LogP contribution in [-0.4, -0.2) is 35.6 Å². The molecule has 3 rings (SSSR count). The van der Waals surface area contributed by atoms with Gasteiger partial charge in [-0.3, -0.25) is 4.68 Å². The van der Waals surface area contributed by atoms with E-state index in [9.17, 15) is 8.42 Å². The number of aromatic nitrogens is 2. The van der Waals surface area contributed by atoms with E-state index in [1.54, 1.807) is 11.2 Å². The summed E-state index contributed by atoms with van der Waals surface area (Å²) >= 11 is 0.